The minimum atomic E-state index is -0.0541. The zero-order valence-corrected chi connectivity index (χ0v) is 13.6. The molecule has 0 aliphatic heterocycles. The lowest BCUT2D eigenvalue weighted by atomic mass is 9.45. The van der Waals surface area contributed by atoms with Gasteiger partial charge in [0.2, 0.25) is 0 Å². The second-order valence-electron chi connectivity index (χ2n) is 9.20. The molecule has 0 aromatic carbocycles. The lowest BCUT2D eigenvalue weighted by Gasteiger charge is -2.60. The predicted octanol–water partition coefficient (Wildman–Crippen LogP) is 3.96. The average Bonchev–Trinajstić information content (AvgIpc) is 2.74. The number of hydrogen-bond donors (Lipinski definition) is 1. The Balaban J connectivity index is 1.63. The van der Waals surface area contributed by atoms with Crippen molar-refractivity contribution in [3.63, 3.8) is 0 Å². The summed E-state index contributed by atoms with van der Waals surface area (Å²) in [6, 6.07) is 0. The number of fused-ring (bicyclic) bond motifs is 5. The molecule has 1 N–H and O–H groups in total. The van der Waals surface area contributed by atoms with E-state index in [1.54, 1.807) is 0 Å². The number of ketones is 1. The molecule has 0 aromatic rings. The first-order valence-corrected chi connectivity index (χ1v) is 9.12. The van der Waals surface area contributed by atoms with Crippen molar-refractivity contribution in [2.75, 3.05) is 0 Å². The molecule has 2 unspecified atom stereocenters. The van der Waals surface area contributed by atoms with Gasteiger partial charge in [-0.1, -0.05) is 13.8 Å². The first kappa shape index (κ1) is 14.2. The van der Waals surface area contributed by atoms with Crippen molar-refractivity contribution in [3.05, 3.63) is 0 Å². The number of carbonyl (C=O) groups excluding carboxylic acids is 1. The van der Waals surface area contributed by atoms with Gasteiger partial charge in [0.1, 0.15) is 5.78 Å². The Kier molecular flexibility index (Phi) is 3.10. The van der Waals surface area contributed by atoms with E-state index in [4.69, 9.17) is 0 Å². The summed E-state index contributed by atoms with van der Waals surface area (Å²) in [5.74, 6) is 3.51. The van der Waals surface area contributed by atoms with Crippen LogP contribution >= 0.6 is 0 Å². The third-order valence-electron chi connectivity index (χ3n) is 8.20. The van der Waals surface area contributed by atoms with Crippen molar-refractivity contribution < 1.29 is 9.90 Å². The van der Waals surface area contributed by atoms with Crippen LogP contribution in [-0.2, 0) is 4.79 Å². The smallest absolute Gasteiger partial charge is 0.133 e. The maximum absolute atomic E-state index is 12.1. The highest BCUT2D eigenvalue weighted by Crippen LogP contribution is 2.65. The van der Waals surface area contributed by atoms with E-state index in [0.29, 0.717) is 22.5 Å². The van der Waals surface area contributed by atoms with Gasteiger partial charge in [0, 0.05) is 12.8 Å². The van der Waals surface area contributed by atoms with E-state index in [0.717, 1.165) is 43.4 Å². The largest absolute Gasteiger partial charge is 0.393 e. The van der Waals surface area contributed by atoms with Crippen LogP contribution < -0.4 is 0 Å². The summed E-state index contributed by atoms with van der Waals surface area (Å²) in [5.41, 5.74) is 0.755. The third-order valence-corrected chi connectivity index (χ3v) is 8.20. The van der Waals surface area contributed by atoms with Gasteiger partial charge in [0.15, 0.2) is 0 Å². The molecule has 0 spiro atoms. The van der Waals surface area contributed by atoms with E-state index >= 15 is 0 Å². The van der Waals surface area contributed by atoms with Gasteiger partial charge >= 0.3 is 0 Å². The number of aliphatic hydroxyl groups excluding tert-OH is 1. The Morgan fingerprint density at radius 3 is 2.67 bits per heavy atom. The van der Waals surface area contributed by atoms with E-state index < -0.39 is 0 Å². The van der Waals surface area contributed by atoms with Crippen LogP contribution in [0.3, 0.4) is 0 Å². The summed E-state index contributed by atoms with van der Waals surface area (Å²) in [5, 5.41) is 10.0. The van der Waals surface area contributed by atoms with Crippen LogP contribution in [0.4, 0.5) is 0 Å². The van der Waals surface area contributed by atoms with Crippen LogP contribution in [-0.4, -0.2) is 17.0 Å². The maximum atomic E-state index is 12.1. The van der Waals surface area contributed by atoms with E-state index in [1.807, 2.05) is 0 Å². The molecule has 2 heteroatoms. The summed E-state index contributed by atoms with van der Waals surface area (Å²) in [7, 11) is 0. The minimum Gasteiger partial charge on any atom is -0.393 e. The highest BCUT2D eigenvalue weighted by Gasteiger charge is 2.59. The van der Waals surface area contributed by atoms with Gasteiger partial charge in [-0.2, -0.15) is 0 Å². The van der Waals surface area contributed by atoms with E-state index in [2.05, 4.69) is 13.8 Å². The molecule has 0 amide bonds. The van der Waals surface area contributed by atoms with Crippen molar-refractivity contribution in [2.45, 2.75) is 77.7 Å². The van der Waals surface area contributed by atoms with Gasteiger partial charge in [-0.15, -0.1) is 0 Å². The van der Waals surface area contributed by atoms with Crippen molar-refractivity contribution >= 4 is 5.78 Å². The standard InChI is InChI=1S/C19H30O2/c1-18-7-6-16-15(17(18)10-14(21)11-18)4-3-12-9-13(20)5-8-19(12,16)2/h12-13,15-17,20H,3-11H2,1-2H3/t12?,13-,15-,16+,17?,18-,19+/m0/s1. The minimum absolute atomic E-state index is 0.0541. The number of aliphatic hydroxyl groups is 1. The van der Waals surface area contributed by atoms with Crippen LogP contribution in [0.1, 0.15) is 71.6 Å². The predicted molar refractivity (Wildman–Crippen MR) is 82.7 cm³/mol. The fourth-order valence-corrected chi connectivity index (χ4v) is 7.01. The normalized spacial score (nSPS) is 56.5. The monoisotopic (exact) mass is 290 g/mol. The molecular weight excluding hydrogens is 260 g/mol. The molecule has 2 nitrogen and oxygen atoms in total. The Labute approximate surface area is 128 Å². The topological polar surface area (TPSA) is 37.3 Å². The van der Waals surface area contributed by atoms with Crippen molar-refractivity contribution in [2.24, 2.45) is 34.5 Å². The van der Waals surface area contributed by atoms with Gasteiger partial charge in [0.25, 0.3) is 0 Å². The molecule has 0 radical (unpaired) electrons. The molecule has 0 saturated heterocycles. The molecule has 7 atom stereocenters. The second-order valence-corrected chi connectivity index (χ2v) is 9.20. The SMILES string of the molecule is C[C@@]12CC[C@@H]3[C@H](CCC4C[C@@H](O)CC[C@]43C)C1CC(=O)C2. The molecule has 4 saturated carbocycles. The Morgan fingerprint density at radius 1 is 1.05 bits per heavy atom. The molecule has 4 aliphatic rings. The molecular formula is C19H30O2. The number of rotatable bonds is 0. The Hall–Kier alpha value is -0.370. The molecule has 4 rings (SSSR count). The highest BCUT2D eigenvalue weighted by molar-refractivity contribution is 5.82. The lowest BCUT2D eigenvalue weighted by Crippen LogP contribution is -2.53. The molecule has 0 bridgehead atoms. The fourth-order valence-electron chi connectivity index (χ4n) is 7.01. The van der Waals surface area contributed by atoms with Gasteiger partial charge in [-0.05, 0) is 79.4 Å². The molecule has 118 valence electrons. The molecule has 0 aromatic heterocycles. The van der Waals surface area contributed by atoms with Crippen molar-refractivity contribution in [3.8, 4) is 0 Å². The fraction of sp³-hybridized carbons (Fsp3) is 0.947. The summed E-state index contributed by atoms with van der Waals surface area (Å²) < 4.78 is 0. The van der Waals surface area contributed by atoms with Crippen LogP contribution in [0.5, 0.6) is 0 Å². The van der Waals surface area contributed by atoms with Crippen molar-refractivity contribution in [1.82, 2.24) is 0 Å². The van der Waals surface area contributed by atoms with E-state index in [9.17, 15) is 9.90 Å². The summed E-state index contributed by atoms with van der Waals surface area (Å²) in [6.45, 7) is 4.90. The first-order chi connectivity index (χ1) is 9.92. The molecule has 4 aliphatic carbocycles. The number of hydrogen-bond acceptors (Lipinski definition) is 2. The lowest BCUT2D eigenvalue weighted by molar-refractivity contribution is -0.121. The maximum Gasteiger partial charge on any atom is 0.133 e. The zero-order chi connectivity index (χ0) is 14.8. The number of carbonyl (C=O) groups is 1. The third kappa shape index (κ3) is 1.97. The Bertz CT molecular complexity index is 458. The van der Waals surface area contributed by atoms with Gasteiger partial charge in [0.05, 0.1) is 6.10 Å². The van der Waals surface area contributed by atoms with Crippen molar-refractivity contribution in [1.29, 1.82) is 0 Å². The average molecular weight is 290 g/mol. The zero-order valence-electron chi connectivity index (χ0n) is 13.6. The van der Waals surface area contributed by atoms with Crippen LogP contribution in [0.25, 0.3) is 0 Å². The second kappa shape index (κ2) is 4.57. The van der Waals surface area contributed by atoms with Gasteiger partial charge in [-0.3, -0.25) is 4.79 Å². The summed E-state index contributed by atoms with van der Waals surface area (Å²) in [4.78, 5) is 12.1. The van der Waals surface area contributed by atoms with Crippen LogP contribution in [0, 0.1) is 34.5 Å². The van der Waals surface area contributed by atoms with Gasteiger partial charge in [-0.25, -0.2) is 0 Å². The summed E-state index contributed by atoms with van der Waals surface area (Å²) in [6.07, 6.45) is 10.1. The molecule has 21 heavy (non-hydrogen) atoms. The first-order valence-electron chi connectivity index (χ1n) is 9.12. The summed E-state index contributed by atoms with van der Waals surface area (Å²) >= 11 is 0. The highest BCUT2D eigenvalue weighted by atomic mass is 16.3. The van der Waals surface area contributed by atoms with Crippen LogP contribution in [0.15, 0.2) is 0 Å². The molecule has 4 fully saturated rings. The van der Waals surface area contributed by atoms with E-state index in [1.165, 1.54) is 32.1 Å². The number of Topliss-reactive ketones (excluding diaryl/α,β-unsaturated/α-hetero) is 1. The van der Waals surface area contributed by atoms with Gasteiger partial charge < -0.3 is 5.11 Å². The molecule has 0 heterocycles. The van der Waals surface area contributed by atoms with Crippen LogP contribution in [0.2, 0.25) is 0 Å². The van der Waals surface area contributed by atoms with E-state index in [-0.39, 0.29) is 6.10 Å². The quantitative estimate of drug-likeness (QED) is 0.733. The Morgan fingerprint density at radius 2 is 1.86 bits per heavy atom.